The summed E-state index contributed by atoms with van der Waals surface area (Å²) >= 11 is 0. The molecule has 1 atom stereocenters. The van der Waals surface area contributed by atoms with Gasteiger partial charge in [0.05, 0.1) is 0 Å². The van der Waals surface area contributed by atoms with E-state index in [-0.39, 0.29) is 5.82 Å². The van der Waals surface area contributed by atoms with Gasteiger partial charge in [-0.25, -0.2) is 4.39 Å². The van der Waals surface area contributed by atoms with Gasteiger partial charge >= 0.3 is 0 Å². The smallest absolute Gasteiger partial charge is 0.244 e. The number of nitrogens with one attached hydrogen (secondary N) is 2. The lowest BCUT2D eigenvalue weighted by Crippen LogP contribution is -2.49. The molecular weight excluding hydrogens is 257 g/mol. The zero-order valence-corrected chi connectivity index (χ0v) is 11.4. The number of anilines is 1. The van der Waals surface area contributed by atoms with Gasteiger partial charge in [0.15, 0.2) is 0 Å². The third-order valence-corrected chi connectivity index (χ3v) is 3.43. The highest BCUT2D eigenvalue weighted by Crippen LogP contribution is 2.13. The molecule has 0 amide bonds. The molecule has 1 aliphatic rings. The van der Waals surface area contributed by atoms with Crippen LogP contribution in [-0.4, -0.2) is 40.9 Å². The maximum Gasteiger partial charge on any atom is 0.244 e. The molecular formula is C14H18FN5. The van der Waals surface area contributed by atoms with Gasteiger partial charge in [0.2, 0.25) is 5.95 Å². The van der Waals surface area contributed by atoms with Crippen molar-refractivity contribution in [2.75, 3.05) is 24.5 Å². The summed E-state index contributed by atoms with van der Waals surface area (Å²) < 4.78 is 13.1. The van der Waals surface area contributed by atoms with Gasteiger partial charge < -0.3 is 10.2 Å². The molecule has 1 fully saturated rings. The number of aromatic amines is 1. The lowest BCUT2D eigenvalue weighted by Gasteiger charge is -2.30. The molecule has 1 aromatic carbocycles. The number of nitrogens with zero attached hydrogens (tertiary/aromatic N) is 3. The van der Waals surface area contributed by atoms with Gasteiger partial charge in [-0.3, -0.25) is 5.10 Å². The topological polar surface area (TPSA) is 56.8 Å². The van der Waals surface area contributed by atoms with Crippen LogP contribution in [0.25, 0.3) is 0 Å². The van der Waals surface area contributed by atoms with Gasteiger partial charge in [0.1, 0.15) is 11.6 Å². The highest BCUT2D eigenvalue weighted by molar-refractivity contribution is 5.31. The van der Waals surface area contributed by atoms with Crippen molar-refractivity contribution in [3.05, 3.63) is 41.5 Å². The van der Waals surface area contributed by atoms with Crippen molar-refractivity contribution in [2.45, 2.75) is 19.4 Å². The average Bonchev–Trinajstić information content (AvgIpc) is 2.87. The van der Waals surface area contributed by atoms with Crippen molar-refractivity contribution in [3.8, 4) is 0 Å². The number of hydrogen-bond donors (Lipinski definition) is 2. The van der Waals surface area contributed by atoms with Crippen LogP contribution in [0.15, 0.2) is 24.3 Å². The molecule has 0 radical (unpaired) electrons. The first-order valence-corrected chi connectivity index (χ1v) is 6.85. The lowest BCUT2D eigenvalue weighted by molar-refractivity contribution is 0.480. The fourth-order valence-electron chi connectivity index (χ4n) is 2.46. The molecule has 0 aliphatic carbocycles. The van der Waals surface area contributed by atoms with Crippen LogP contribution in [0.2, 0.25) is 0 Å². The Hall–Kier alpha value is -1.95. The predicted octanol–water partition coefficient (Wildman–Crippen LogP) is 1.33. The monoisotopic (exact) mass is 275 g/mol. The number of aromatic nitrogens is 3. The minimum absolute atomic E-state index is 0.224. The van der Waals surface area contributed by atoms with Crippen LogP contribution >= 0.6 is 0 Å². The van der Waals surface area contributed by atoms with E-state index in [0.29, 0.717) is 12.5 Å². The van der Waals surface area contributed by atoms with Crippen LogP contribution < -0.4 is 10.2 Å². The van der Waals surface area contributed by atoms with Crippen LogP contribution in [0.1, 0.15) is 18.3 Å². The van der Waals surface area contributed by atoms with E-state index in [0.717, 1.165) is 37.0 Å². The maximum atomic E-state index is 13.1. The van der Waals surface area contributed by atoms with E-state index >= 15 is 0 Å². The number of rotatable bonds is 3. The fourth-order valence-corrected chi connectivity index (χ4v) is 2.46. The third-order valence-electron chi connectivity index (χ3n) is 3.43. The van der Waals surface area contributed by atoms with Gasteiger partial charge in [-0.15, -0.1) is 5.10 Å². The zero-order valence-electron chi connectivity index (χ0n) is 11.4. The normalized spacial score (nSPS) is 19.3. The summed E-state index contributed by atoms with van der Waals surface area (Å²) in [6.07, 6.45) is 0.562. The molecule has 0 saturated carbocycles. The van der Waals surface area contributed by atoms with Crippen molar-refractivity contribution in [2.24, 2.45) is 0 Å². The first-order valence-electron chi connectivity index (χ1n) is 6.85. The molecule has 5 nitrogen and oxygen atoms in total. The first kappa shape index (κ1) is 13.1. The number of halogens is 1. The molecule has 6 heteroatoms. The van der Waals surface area contributed by atoms with Crippen molar-refractivity contribution in [3.63, 3.8) is 0 Å². The summed E-state index contributed by atoms with van der Waals surface area (Å²) in [6.45, 7) is 4.89. The summed E-state index contributed by atoms with van der Waals surface area (Å²) in [4.78, 5) is 6.66. The zero-order chi connectivity index (χ0) is 13.9. The van der Waals surface area contributed by atoms with Crippen LogP contribution in [0.5, 0.6) is 0 Å². The minimum Gasteiger partial charge on any atom is -0.337 e. The van der Waals surface area contributed by atoms with Crippen molar-refractivity contribution in [1.82, 2.24) is 20.5 Å². The second-order valence-electron chi connectivity index (χ2n) is 5.19. The molecule has 0 spiro atoms. The van der Waals surface area contributed by atoms with Crippen LogP contribution in [0, 0.1) is 5.82 Å². The summed E-state index contributed by atoms with van der Waals surface area (Å²) in [5.74, 6) is 1.26. The summed E-state index contributed by atoms with van der Waals surface area (Å²) in [5, 5.41) is 10.6. The first-order chi connectivity index (χ1) is 9.70. The fraction of sp³-hybridized carbons (Fsp3) is 0.429. The molecule has 1 aromatic heterocycles. The Bertz CT molecular complexity index is 582. The Morgan fingerprint density at radius 1 is 1.45 bits per heavy atom. The lowest BCUT2D eigenvalue weighted by atomic mass is 10.1. The molecule has 20 heavy (non-hydrogen) atoms. The van der Waals surface area contributed by atoms with Crippen molar-refractivity contribution < 1.29 is 4.39 Å². The summed E-state index contributed by atoms with van der Waals surface area (Å²) in [5.41, 5.74) is 0.890. The van der Waals surface area contributed by atoms with Crippen molar-refractivity contribution in [1.29, 1.82) is 0 Å². The van der Waals surface area contributed by atoms with Crippen LogP contribution in [0.4, 0.5) is 10.3 Å². The third kappa shape index (κ3) is 2.96. The van der Waals surface area contributed by atoms with Gasteiger partial charge in [0.25, 0.3) is 0 Å². The van der Waals surface area contributed by atoms with E-state index in [4.69, 9.17) is 0 Å². The standard InChI is InChI=1S/C14H18FN5/c1-10-9-20(6-5-16-10)14-17-13(18-19-14)8-11-3-2-4-12(15)7-11/h2-4,7,10,16H,5-6,8-9H2,1H3,(H,17,18,19). The second kappa shape index (κ2) is 5.58. The Labute approximate surface area is 117 Å². The van der Waals surface area contributed by atoms with Gasteiger partial charge in [0, 0.05) is 32.1 Å². The van der Waals surface area contributed by atoms with E-state index in [9.17, 15) is 4.39 Å². The van der Waals surface area contributed by atoms with Crippen LogP contribution in [-0.2, 0) is 6.42 Å². The Kier molecular flexibility index (Phi) is 3.64. The molecule has 1 aliphatic heterocycles. The highest BCUT2D eigenvalue weighted by atomic mass is 19.1. The number of benzene rings is 1. The average molecular weight is 275 g/mol. The van der Waals surface area contributed by atoms with Gasteiger partial charge in [-0.05, 0) is 24.6 Å². The van der Waals surface area contributed by atoms with E-state index < -0.39 is 0 Å². The molecule has 1 saturated heterocycles. The number of hydrogen-bond acceptors (Lipinski definition) is 4. The van der Waals surface area contributed by atoms with E-state index in [1.807, 2.05) is 6.07 Å². The Balaban J connectivity index is 1.70. The van der Waals surface area contributed by atoms with Gasteiger partial charge in [-0.1, -0.05) is 12.1 Å². The molecule has 2 N–H and O–H groups in total. The van der Waals surface area contributed by atoms with Crippen LogP contribution in [0.3, 0.4) is 0 Å². The number of H-pyrrole nitrogens is 1. The molecule has 0 bridgehead atoms. The Morgan fingerprint density at radius 3 is 3.15 bits per heavy atom. The highest BCUT2D eigenvalue weighted by Gasteiger charge is 2.19. The van der Waals surface area contributed by atoms with Crippen molar-refractivity contribution >= 4 is 5.95 Å². The molecule has 2 aromatic rings. The largest absolute Gasteiger partial charge is 0.337 e. The van der Waals surface area contributed by atoms with E-state index in [2.05, 4.69) is 32.3 Å². The molecule has 2 heterocycles. The minimum atomic E-state index is -0.224. The second-order valence-corrected chi connectivity index (χ2v) is 5.19. The molecule has 106 valence electrons. The summed E-state index contributed by atoms with van der Waals surface area (Å²) in [6, 6.07) is 7.00. The maximum absolute atomic E-state index is 13.1. The quantitative estimate of drug-likeness (QED) is 0.887. The Morgan fingerprint density at radius 2 is 2.35 bits per heavy atom. The number of piperazine rings is 1. The summed E-state index contributed by atoms with van der Waals surface area (Å²) in [7, 11) is 0. The van der Waals surface area contributed by atoms with Gasteiger partial charge in [-0.2, -0.15) is 4.98 Å². The van der Waals surface area contributed by atoms with E-state index in [1.54, 1.807) is 6.07 Å². The predicted molar refractivity (Wildman–Crippen MR) is 75.3 cm³/mol. The SMILES string of the molecule is CC1CN(c2n[nH]c(Cc3cccc(F)c3)n2)CCN1. The molecule has 1 unspecified atom stereocenters. The molecule has 3 rings (SSSR count). The van der Waals surface area contributed by atoms with E-state index in [1.165, 1.54) is 12.1 Å².